The van der Waals surface area contributed by atoms with Gasteiger partial charge in [-0.15, -0.1) is 0 Å². The van der Waals surface area contributed by atoms with Crippen molar-refractivity contribution in [2.75, 3.05) is 37.4 Å². The van der Waals surface area contributed by atoms with Gasteiger partial charge in [-0.1, -0.05) is 24.3 Å². The number of rotatable bonds is 9. The van der Waals surface area contributed by atoms with Crippen LogP contribution in [0.3, 0.4) is 0 Å². The van der Waals surface area contributed by atoms with Crippen LogP contribution in [0.2, 0.25) is 0 Å². The van der Waals surface area contributed by atoms with Gasteiger partial charge in [-0.05, 0) is 42.3 Å². The van der Waals surface area contributed by atoms with Crippen molar-refractivity contribution in [1.82, 2.24) is 10.6 Å². The molecule has 0 aromatic heterocycles. The maximum Gasteiger partial charge on any atom is 0.323 e. The molecule has 0 heterocycles. The summed E-state index contributed by atoms with van der Waals surface area (Å²) in [4.78, 5) is 23.9. The number of aryl methyl sites for hydroxylation is 1. The van der Waals surface area contributed by atoms with E-state index >= 15 is 0 Å². The Morgan fingerprint density at radius 2 is 1.70 bits per heavy atom. The lowest BCUT2D eigenvalue weighted by molar-refractivity contribution is -0.120. The van der Waals surface area contributed by atoms with Gasteiger partial charge in [0.1, 0.15) is 0 Å². The zero-order valence-corrected chi connectivity index (χ0v) is 15.7. The Bertz CT molecular complexity index is 764. The first kappa shape index (κ1) is 20.4. The van der Waals surface area contributed by atoms with E-state index in [9.17, 15) is 9.59 Å². The lowest BCUT2D eigenvalue weighted by atomic mass is 10.2. The van der Waals surface area contributed by atoms with Crippen molar-refractivity contribution < 1.29 is 14.3 Å². The van der Waals surface area contributed by atoms with Crippen molar-refractivity contribution in [2.45, 2.75) is 13.5 Å². The Morgan fingerprint density at radius 3 is 2.41 bits per heavy atom. The Labute approximate surface area is 159 Å². The minimum Gasteiger partial charge on any atom is -0.383 e. The van der Waals surface area contributed by atoms with Crippen LogP contribution in [0.5, 0.6) is 0 Å². The molecule has 0 bridgehead atoms. The molecule has 0 spiro atoms. The van der Waals surface area contributed by atoms with Gasteiger partial charge in [-0.2, -0.15) is 0 Å². The Balaban J connectivity index is 1.80. The van der Waals surface area contributed by atoms with Gasteiger partial charge in [0.05, 0.1) is 13.2 Å². The Hall–Kier alpha value is -2.90. The summed E-state index contributed by atoms with van der Waals surface area (Å²) in [5, 5.41) is 11.4. The van der Waals surface area contributed by atoms with Crippen LogP contribution in [0, 0.1) is 6.92 Å². The predicted molar refractivity (Wildman–Crippen MR) is 107 cm³/mol. The van der Waals surface area contributed by atoms with Gasteiger partial charge in [0.15, 0.2) is 0 Å². The zero-order chi connectivity index (χ0) is 19.5. The number of carbonyl (C=O) groups excluding carboxylic acids is 2. The highest BCUT2D eigenvalue weighted by molar-refractivity contribution is 5.99. The average molecular weight is 370 g/mol. The average Bonchev–Trinajstić information content (AvgIpc) is 2.64. The van der Waals surface area contributed by atoms with Crippen molar-refractivity contribution in [2.24, 2.45) is 0 Å². The second-order valence-corrected chi connectivity index (χ2v) is 6.10. The molecule has 3 amide bonds. The summed E-state index contributed by atoms with van der Waals surface area (Å²) in [6.07, 6.45) is 0. The Kier molecular flexibility index (Phi) is 8.28. The third-order valence-electron chi connectivity index (χ3n) is 3.72. The lowest BCUT2D eigenvalue weighted by Crippen LogP contribution is -2.34. The molecule has 0 aliphatic heterocycles. The molecule has 0 radical (unpaired) electrons. The lowest BCUT2D eigenvalue weighted by Gasteiger charge is -2.10. The van der Waals surface area contributed by atoms with E-state index in [-0.39, 0.29) is 18.5 Å². The van der Waals surface area contributed by atoms with E-state index in [2.05, 4.69) is 21.3 Å². The van der Waals surface area contributed by atoms with Crippen LogP contribution in [0.25, 0.3) is 0 Å². The Morgan fingerprint density at radius 1 is 1.00 bits per heavy atom. The fourth-order valence-corrected chi connectivity index (χ4v) is 2.41. The van der Waals surface area contributed by atoms with E-state index in [0.717, 1.165) is 16.8 Å². The number of benzene rings is 2. The molecule has 2 aromatic carbocycles. The van der Waals surface area contributed by atoms with E-state index in [1.165, 1.54) is 0 Å². The van der Waals surface area contributed by atoms with E-state index in [1.807, 2.05) is 49.4 Å². The van der Waals surface area contributed by atoms with Crippen LogP contribution in [0.1, 0.15) is 11.1 Å². The number of methoxy groups -OCH3 is 1. The number of hydrogen-bond donors (Lipinski definition) is 4. The first-order valence-electron chi connectivity index (χ1n) is 8.77. The minimum absolute atomic E-state index is 0.0957. The van der Waals surface area contributed by atoms with Gasteiger partial charge < -0.3 is 26.0 Å². The smallest absolute Gasteiger partial charge is 0.323 e. The molecule has 0 unspecified atom stereocenters. The van der Waals surface area contributed by atoms with Crippen molar-refractivity contribution in [3.63, 3.8) is 0 Å². The molecular formula is C20H26N4O3. The summed E-state index contributed by atoms with van der Waals surface area (Å²) in [6.45, 7) is 3.78. The van der Waals surface area contributed by atoms with E-state index in [4.69, 9.17) is 4.74 Å². The quantitative estimate of drug-likeness (QED) is 0.511. The van der Waals surface area contributed by atoms with Gasteiger partial charge in [-0.3, -0.25) is 4.79 Å². The number of anilines is 2. The molecule has 0 fully saturated rings. The van der Waals surface area contributed by atoms with Gasteiger partial charge in [-0.25, -0.2) is 4.79 Å². The number of urea groups is 1. The second-order valence-electron chi connectivity index (χ2n) is 6.10. The van der Waals surface area contributed by atoms with Crippen molar-refractivity contribution in [3.05, 3.63) is 59.7 Å². The van der Waals surface area contributed by atoms with E-state index in [1.54, 1.807) is 13.2 Å². The third kappa shape index (κ3) is 7.89. The molecule has 0 saturated heterocycles. The van der Waals surface area contributed by atoms with Gasteiger partial charge in [0, 0.05) is 31.6 Å². The molecule has 0 aliphatic carbocycles. The van der Waals surface area contributed by atoms with Crippen LogP contribution in [0.15, 0.2) is 48.5 Å². The van der Waals surface area contributed by atoms with Crippen LogP contribution >= 0.6 is 0 Å². The summed E-state index contributed by atoms with van der Waals surface area (Å²) in [7, 11) is 1.62. The molecular weight excluding hydrogens is 344 g/mol. The summed E-state index contributed by atoms with van der Waals surface area (Å²) < 4.78 is 4.91. The fraction of sp³-hybridized carbons (Fsp3) is 0.300. The maximum atomic E-state index is 12.1. The summed E-state index contributed by atoms with van der Waals surface area (Å²) >= 11 is 0. The first-order chi connectivity index (χ1) is 13.1. The minimum atomic E-state index is -0.316. The van der Waals surface area contributed by atoms with Gasteiger partial charge in [0.25, 0.3) is 0 Å². The number of nitrogens with one attached hydrogen (secondary N) is 4. The fourth-order valence-electron chi connectivity index (χ4n) is 2.41. The monoisotopic (exact) mass is 370 g/mol. The summed E-state index contributed by atoms with van der Waals surface area (Å²) in [5.41, 5.74) is 3.36. The zero-order valence-electron chi connectivity index (χ0n) is 15.7. The molecule has 0 aliphatic rings. The number of carbonyl (C=O) groups is 2. The summed E-state index contributed by atoms with van der Waals surface area (Å²) in [5.74, 6) is -0.0957. The molecule has 144 valence electrons. The standard InChI is InChI=1S/C20H26N4O3/c1-15-5-3-7-17(11-15)23-20(26)24-18-8-4-6-16(12-18)13-22-19(25)14-21-9-10-27-2/h3-8,11-12,21H,9-10,13-14H2,1-2H3,(H,22,25)(H2,23,24,26). The SMILES string of the molecule is COCCNCC(=O)NCc1cccc(NC(=O)Nc2cccc(C)c2)c1. The maximum absolute atomic E-state index is 12.1. The number of amides is 3. The van der Waals surface area contributed by atoms with Crippen LogP contribution in [-0.4, -0.2) is 38.7 Å². The van der Waals surface area contributed by atoms with Crippen LogP contribution in [0.4, 0.5) is 16.2 Å². The van der Waals surface area contributed by atoms with Crippen LogP contribution in [-0.2, 0) is 16.1 Å². The second kappa shape index (κ2) is 10.9. The topological polar surface area (TPSA) is 91.5 Å². The molecule has 7 heteroatoms. The largest absolute Gasteiger partial charge is 0.383 e. The highest BCUT2D eigenvalue weighted by Gasteiger charge is 2.05. The highest BCUT2D eigenvalue weighted by atomic mass is 16.5. The molecule has 0 atom stereocenters. The van der Waals surface area contributed by atoms with Crippen LogP contribution < -0.4 is 21.3 Å². The molecule has 4 N–H and O–H groups in total. The number of ether oxygens (including phenoxy) is 1. The highest BCUT2D eigenvalue weighted by Crippen LogP contribution is 2.13. The molecule has 27 heavy (non-hydrogen) atoms. The van der Waals surface area contributed by atoms with E-state index in [0.29, 0.717) is 25.4 Å². The molecule has 7 nitrogen and oxygen atoms in total. The first-order valence-corrected chi connectivity index (χ1v) is 8.77. The van der Waals surface area contributed by atoms with Crippen molar-refractivity contribution >= 4 is 23.3 Å². The van der Waals surface area contributed by atoms with Gasteiger partial charge in [0.2, 0.25) is 5.91 Å². The normalized spacial score (nSPS) is 10.3. The summed E-state index contributed by atoms with van der Waals surface area (Å²) in [6, 6.07) is 14.6. The molecule has 2 rings (SSSR count). The third-order valence-corrected chi connectivity index (χ3v) is 3.72. The molecule has 0 saturated carbocycles. The van der Waals surface area contributed by atoms with Crippen molar-refractivity contribution in [3.8, 4) is 0 Å². The van der Waals surface area contributed by atoms with Gasteiger partial charge >= 0.3 is 6.03 Å². The molecule has 2 aromatic rings. The van der Waals surface area contributed by atoms with E-state index < -0.39 is 0 Å². The number of hydrogen-bond acceptors (Lipinski definition) is 4. The van der Waals surface area contributed by atoms with Crippen molar-refractivity contribution in [1.29, 1.82) is 0 Å². The predicted octanol–water partition coefficient (Wildman–Crippen LogP) is 2.49.